The van der Waals surface area contributed by atoms with Crippen LogP contribution in [0.2, 0.25) is 0 Å². The van der Waals surface area contributed by atoms with Crippen molar-refractivity contribution < 1.29 is 23.1 Å². The van der Waals surface area contributed by atoms with Crippen molar-refractivity contribution in [1.29, 1.82) is 0 Å². The van der Waals surface area contributed by atoms with E-state index in [-0.39, 0.29) is 17.8 Å². The van der Waals surface area contributed by atoms with Gasteiger partial charge in [-0.25, -0.2) is 23.4 Å². The van der Waals surface area contributed by atoms with E-state index in [4.69, 9.17) is 4.74 Å². The molecule has 8 nitrogen and oxygen atoms in total. The van der Waals surface area contributed by atoms with E-state index in [1.54, 1.807) is 17.0 Å². The number of carbonyl (C=O) groups excluding carboxylic acids is 2. The van der Waals surface area contributed by atoms with Crippen molar-refractivity contribution in [2.45, 2.75) is 25.7 Å². The van der Waals surface area contributed by atoms with Gasteiger partial charge in [-0.3, -0.25) is 5.32 Å². The number of amides is 4. The molecule has 3 N–H and O–H groups in total. The largest absolute Gasteiger partial charge is 0.494 e. The molecule has 1 fully saturated rings. The number of ether oxygens (including phenoxy) is 1. The zero-order valence-corrected chi connectivity index (χ0v) is 19.8. The first kappa shape index (κ1) is 24.9. The second kappa shape index (κ2) is 11.5. The van der Waals surface area contributed by atoms with E-state index < -0.39 is 17.7 Å². The van der Waals surface area contributed by atoms with Crippen molar-refractivity contribution in [1.82, 2.24) is 9.88 Å². The van der Waals surface area contributed by atoms with Crippen LogP contribution >= 0.6 is 0 Å². The lowest BCUT2D eigenvalue weighted by Gasteiger charge is -2.32. The molecular formula is C26H27F2N5O3. The molecule has 4 rings (SSSR count). The number of aromatic nitrogens is 1. The van der Waals surface area contributed by atoms with Crippen molar-refractivity contribution in [3.8, 4) is 5.75 Å². The molecule has 0 aliphatic carbocycles. The second-order valence-corrected chi connectivity index (χ2v) is 8.34. The van der Waals surface area contributed by atoms with Crippen LogP contribution in [0.25, 0.3) is 0 Å². The lowest BCUT2D eigenvalue weighted by Crippen LogP contribution is -2.40. The van der Waals surface area contributed by atoms with E-state index in [1.807, 2.05) is 43.3 Å². The van der Waals surface area contributed by atoms with Gasteiger partial charge in [-0.15, -0.1) is 0 Å². The maximum atomic E-state index is 13.8. The lowest BCUT2D eigenvalue weighted by atomic mass is 9.89. The van der Waals surface area contributed by atoms with Crippen LogP contribution in [-0.4, -0.2) is 41.6 Å². The van der Waals surface area contributed by atoms with Gasteiger partial charge in [-0.1, -0.05) is 18.2 Å². The molecule has 0 radical (unpaired) electrons. The molecule has 1 aromatic heterocycles. The van der Waals surface area contributed by atoms with Crippen LogP contribution in [-0.2, 0) is 0 Å². The van der Waals surface area contributed by atoms with Gasteiger partial charge in [0.25, 0.3) is 0 Å². The first-order valence-corrected chi connectivity index (χ1v) is 11.7. The fourth-order valence-electron chi connectivity index (χ4n) is 4.07. The van der Waals surface area contributed by atoms with Gasteiger partial charge in [-0.05, 0) is 55.5 Å². The Morgan fingerprint density at radius 2 is 1.72 bits per heavy atom. The van der Waals surface area contributed by atoms with E-state index in [9.17, 15) is 18.4 Å². The fraction of sp³-hybridized carbons (Fsp3) is 0.269. The lowest BCUT2D eigenvalue weighted by molar-refractivity contribution is 0.194. The van der Waals surface area contributed by atoms with E-state index in [1.165, 1.54) is 0 Å². The van der Waals surface area contributed by atoms with E-state index in [2.05, 4.69) is 20.9 Å². The Hall–Kier alpha value is -4.21. The predicted octanol–water partition coefficient (Wildman–Crippen LogP) is 5.81. The molecule has 0 atom stereocenters. The molecule has 3 aromatic rings. The predicted molar refractivity (Wildman–Crippen MR) is 133 cm³/mol. The summed E-state index contributed by atoms with van der Waals surface area (Å²) in [6.45, 7) is 3.42. The number of hydrogen-bond acceptors (Lipinski definition) is 4. The number of nitrogens with zero attached hydrogens (tertiary/aromatic N) is 2. The summed E-state index contributed by atoms with van der Waals surface area (Å²) in [6, 6.07) is 14.6. The van der Waals surface area contributed by atoms with Crippen LogP contribution in [0, 0.1) is 11.6 Å². The summed E-state index contributed by atoms with van der Waals surface area (Å²) >= 11 is 0. The van der Waals surface area contributed by atoms with Gasteiger partial charge in [0.05, 0.1) is 12.8 Å². The first-order valence-electron chi connectivity index (χ1n) is 11.7. The Kier molecular flexibility index (Phi) is 7.94. The number of pyridine rings is 1. The number of hydrogen-bond donors (Lipinski definition) is 3. The van der Waals surface area contributed by atoms with E-state index in [0.29, 0.717) is 42.9 Å². The Labute approximate surface area is 207 Å². The zero-order chi connectivity index (χ0) is 25.5. The summed E-state index contributed by atoms with van der Waals surface area (Å²) in [5.41, 5.74) is 2.39. The number of carbonyl (C=O) groups is 2. The average molecular weight is 496 g/mol. The highest BCUT2D eigenvalue weighted by molar-refractivity contribution is 5.99. The number of piperidine rings is 1. The minimum absolute atomic E-state index is 0.249. The molecule has 36 heavy (non-hydrogen) atoms. The molecule has 4 amide bonds. The Balaban J connectivity index is 1.26. The molecule has 0 spiro atoms. The Morgan fingerprint density at radius 3 is 2.42 bits per heavy atom. The number of urea groups is 2. The highest BCUT2D eigenvalue weighted by Gasteiger charge is 2.24. The summed E-state index contributed by atoms with van der Waals surface area (Å²) in [5.74, 6) is -1.08. The van der Waals surface area contributed by atoms with Crippen LogP contribution < -0.4 is 20.7 Å². The van der Waals surface area contributed by atoms with Gasteiger partial charge >= 0.3 is 12.1 Å². The fourth-order valence-corrected chi connectivity index (χ4v) is 4.07. The van der Waals surface area contributed by atoms with Gasteiger partial charge in [0.1, 0.15) is 11.6 Å². The van der Waals surface area contributed by atoms with Gasteiger partial charge in [-0.2, -0.15) is 0 Å². The number of anilines is 3. The minimum atomic E-state index is -0.917. The van der Waals surface area contributed by atoms with Gasteiger partial charge in [0.2, 0.25) is 0 Å². The Morgan fingerprint density at radius 1 is 1.00 bits per heavy atom. The number of halogens is 2. The zero-order valence-electron chi connectivity index (χ0n) is 19.8. The monoisotopic (exact) mass is 495 g/mol. The first-order chi connectivity index (χ1) is 17.4. The molecule has 10 heteroatoms. The van der Waals surface area contributed by atoms with Crippen molar-refractivity contribution in [2.24, 2.45) is 0 Å². The van der Waals surface area contributed by atoms with Crippen LogP contribution in [0.15, 0.2) is 60.8 Å². The summed E-state index contributed by atoms with van der Waals surface area (Å²) in [5, 5.41) is 7.99. The quantitative estimate of drug-likeness (QED) is 0.402. The summed E-state index contributed by atoms with van der Waals surface area (Å²) in [7, 11) is 0. The number of benzene rings is 2. The summed E-state index contributed by atoms with van der Waals surface area (Å²) < 4.78 is 32.2. The normalized spacial score (nSPS) is 13.7. The third kappa shape index (κ3) is 6.47. The van der Waals surface area contributed by atoms with Crippen molar-refractivity contribution in [2.75, 3.05) is 35.6 Å². The number of nitrogens with one attached hydrogen (secondary N) is 3. The molecule has 1 saturated heterocycles. The number of likely N-dealkylation sites (tertiary alicyclic amines) is 1. The summed E-state index contributed by atoms with van der Waals surface area (Å²) in [6.07, 6.45) is 2.32. The van der Waals surface area contributed by atoms with Crippen LogP contribution in [0.4, 0.5) is 35.6 Å². The highest BCUT2D eigenvalue weighted by atomic mass is 19.1. The SMILES string of the molecule is CCOc1cccc(NC(=O)Nc2ccc(C3CCN(C(=O)Nc4ncc(F)cc4F)CC3)cc2)c1. The average Bonchev–Trinajstić information content (AvgIpc) is 2.87. The van der Waals surface area contributed by atoms with Crippen molar-refractivity contribution >= 4 is 29.3 Å². The minimum Gasteiger partial charge on any atom is -0.494 e. The third-order valence-corrected chi connectivity index (χ3v) is 5.86. The molecule has 2 aromatic carbocycles. The van der Waals surface area contributed by atoms with Crippen molar-refractivity contribution in [3.63, 3.8) is 0 Å². The molecule has 0 bridgehead atoms. The summed E-state index contributed by atoms with van der Waals surface area (Å²) in [4.78, 5) is 30.0. The maximum absolute atomic E-state index is 13.8. The number of rotatable bonds is 6. The molecule has 1 aliphatic heterocycles. The van der Waals surface area contributed by atoms with Crippen LogP contribution in [0.1, 0.15) is 31.2 Å². The molecule has 188 valence electrons. The Bertz CT molecular complexity index is 1210. The maximum Gasteiger partial charge on any atom is 0.323 e. The molecule has 0 unspecified atom stereocenters. The second-order valence-electron chi connectivity index (χ2n) is 8.34. The van der Waals surface area contributed by atoms with E-state index in [0.717, 1.165) is 24.6 Å². The third-order valence-electron chi connectivity index (χ3n) is 5.86. The molecular weight excluding hydrogens is 468 g/mol. The van der Waals surface area contributed by atoms with Gasteiger partial charge in [0.15, 0.2) is 11.6 Å². The van der Waals surface area contributed by atoms with Crippen LogP contribution in [0.3, 0.4) is 0 Å². The smallest absolute Gasteiger partial charge is 0.323 e. The van der Waals surface area contributed by atoms with Gasteiger partial charge < -0.3 is 20.3 Å². The van der Waals surface area contributed by atoms with Crippen LogP contribution in [0.5, 0.6) is 5.75 Å². The van der Waals surface area contributed by atoms with E-state index >= 15 is 0 Å². The molecule has 1 aliphatic rings. The standard InChI is InChI=1S/C26H27F2N5O3/c1-2-36-22-5-3-4-21(15-22)31-25(34)30-20-8-6-17(7-9-20)18-10-12-33(13-11-18)26(35)32-24-23(28)14-19(27)16-29-24/h3-9,14-16,18H,2,10-13H2,1H3,(H,29,32,35)(H2,30,31,34). The molecule has 2 heterocycles. The highest BCUT2D eigenvalue weighted by Crippen LogP contribution is 2.29. The molecule has 0 saturated carbocycles. The topological polar surface area (TPSA) is 95.6 Å². The van der Waals surface area contributed by atoms with Gasteiger partial charge in [0, 0.05) is 36.6 Å². The van der Waals surface area contributed by atoms with Crippen molar-refractivity contribution in [3.05, 3.63) is 78.0 Å².